The summed E-state index contributed by atoms with van der Waals surface area (Å²) in [5.41, 5.74) is 26.0. The summed E-state index contributed by atoms with van der Waals surface area (Å²) < 4.78 is 31.4. The number of unbranched alkanes of at least 4 members (excludes halogenated alkanes) is 2. The third-order valence-electron chi connectivity index (χ3n) is 25.0. The number of hydrogen-bond donors (Lipinski definition) is 4. The van der Waals surface area contributed by atoms with Gasteiger partial charge in [-0.1, -0.05) is 142 Å². The van der Waals surface area contributed by atoms with E-state index in [-0.39, 0.29) is 5.41 Å². The van der Waals surface area contributed by atoms with Gasteiger partial charge in [-0.05, 0) is 234 Å². The van der Waals surface area contributed by atoms with Crippen molar-refractivity contribution in [3.05, 3.63) is 250 Å². The van der Waals surface area contributed by atoms with Crippen LogP contribution in [0.1, 0.15) is 235 Å². The standard InChI is InChI=1S/C111H127N13O4/c1-13-21-27-77(19-7)74-122-61-58-112-109(122)107-101-51-47-93(118-101)81(29-23-67-125-63-15-3)89-39-43-97(114-89)85(98-44-40-90(115-98)82(30-24-68-126-64-16-4)94-48-52-102(107)119-94)37-33-79-35-55-105-87(71-79)88-72-80(36-56-106(88)124(105)60-57-76(9)73-111(10,11)12)34-38-86-99-45-41-91(116-99)83(31-25-69-127-65-17-5)95-49-53-103(120-95)108(110-113-59-62-123(110)75-78(20-8)28-22-14-2)104-54-50-96(121-104)84(32-26-70-128-66-18-6)92-42-46-100(86)117-92/h15-18,35-36,39-56,58-59,61-62,71-72,76-78,114,116,119,121H,3-6,13-14,19-32,57,60,63-70,73-75H2,1-2,7-12H3. The zero-order valence-corrected chi connectivity index (χ0v) is 76.5. The Hall–Kier alpha value is -12.2. The molecule has 0 spiro atoms. The lowest BCUT2D eigenvalue weighted by Crippen LogP contribution is -2.13. The van der Waals surface area contributed by atoms with Gasteiger partial charge in [0.25, 0.3) is 0 Å². The van der Waals surface area contributed by atoms with Crippen molar-refractivity contribution < 1.29 is 18.9 Å². The number of hydrogen-bond acceptors (Lipinski definition) is 10. The Labute approximate surface area is 756 Å². The van der Waals surface area contributed by atoms with E-state index in [4.69, 9.17) is 48.9 Å². The van der Waals surface area contributed by atoms with Crippen molar-refractivity contribution in [2.45, 2.75) is 191 Å². The molecule has 9 aromatic heterocycles. The second-order valence-electron chi connectivity index (χ2n) is 35.7. The molecule has 0 saturated heterocycles. The molecule has 3 atom stereocenters. The minimum atomic E-state index is 0.192. The van der Waals surface area contributed by atoms with Crippen LogP contribution in [0.25, 0.3) is 137 Å². The van der Waals surface area contributed by atoms with Crippen molar-refractivity contribution in [3.63, 3.8) is 0 Å². The molecule has 16 bridgehead atoms. The summed E-state index contributed by atoms with van der Waals surface area (Å²) in [6.45, 7) is 41.0. The van der Waals surface area contributed by atoms with Gasteiger partial charge in [-0.2, -0.15) is 0 Å². The Bertz CT molecular complexity index is 6070. The predicted molar refractivity (Wildman–Crippen MR) is 533 cm³/mol. The van der Waals surface area contributed by atoms with Gasteiger partial charge in [-0.15, -0.1) is 26.3 Å². The minimum absolute atomic E-state index is 0.192. The molecule has 0 amide bonds. The molecule has 4 aliphatic rings. The van der Waals surface area contributed by atoms with Crippen LogP contribution in [0, 0.1) is 46.9 Å². The van der Waals surface area contributed by atoms with Crippen LogP contribution in [0.15, 0.2) is 160 Å². The van der Waals surface area contributed by atoms with Crippen LogP contribution in [0.3, 0.4) is 0 Å². The first-order valence-electron chi connectivity index (χ1n) is 46.8. The highest BCUT2D eigenvalue weighted by Gasteiger charge is 2.26. The molecule has 3 unspecified atom stereocenters. The van der Waals surface area contributed by atoms with E-state index in [1.807, 2.05) is 12.4 Å². The van der Waals surface area contributed by atoms with Crippen molar-refractivity contribution >= 4 is 115 Å². The third-order valence-corrected chi connectivity index (χ3v) is 25.0. The van der Waals surface area contributed by atoms with Gasteiger partial charge in [0.2, 0.25) is 0 Å². The quantitative estimate of drug-likeness (QED) is 0.0163. The first-order valence-corrected chi connectivity index (χ1v) is 46.8. The Kier molecular flexibility index (Phi) is 30.8. The highest BCUT2D eigenvalue weighted by atomic mass is 16.5. The van der Waals surface area contributed by atoms with E-state index in [1.54, 1.807) is 24.3 Å². The summed E-state index contributed by atoms with van der Waals surface area (Å²) in [5, 5.41) is 2.20. The SMILES string of the molecule is C=CCOCCCc1c2nc(c(-c3nccn3CC(CC)CCCC)c3ccc([nH]3)c(CCCOCC=C)c3nc(c(C#Cc4ccc5c(c4)c4cc(C#Cc6c7nc(c(CCCOCC=C)c8ccc([nH]8)c(-c8nccn8CC(CC)CCCC)c8nc(c(CCCOCC=C)c9ccc6[nH]9)C=C8)C=C7)ccc4n5CCC(C)CC(C)(C)C)c4ccc1[nH]4)C=C3)C=C2. The van der Waals surface area contributed by atoms with Crippen LogP contribution in [0.5, 0.6) is 0 Å². The first-order chi connectivity index (χ1) is 62.6. The van der Waals surface area contributed by atoms with Crippen molar-refractivity contribution in [3.8, 4) is 46.5 Å². The van der Waals surface area contributed by atoms with Gasteiger partial charge in [0.1, 0.15) is 11.6 Å². The summed E-state index contributed by atoms with van der Waals surface area (Å²) in [6, 6.07) is 30.9. The maximum Gasteiger partial charge on any atom is 0.144 e. The molecule has 660 valence electrons. The zero-order chi connectivity index (χ0) is 88.9. The van der Waals surface area contributed by atoms with Gasteiger partial charge in [0, 0.05) is 148 Å². The highest BCUT2D eigenvalue weighted by Crippen LogP contribution is 2.39. The van der Waals surface area contributed by atoms with Crippen LogP contribution in [0.2, 0.25) is 0 Å². The molecule has 4 aliphatic heterocycles. The third kappa shape index (κ3) is 21.8. The maximum atomic E-state index is 6.04. The molecule has 0 saturated carbocycles. The molecule has 0 aliphatic carbocycles. The molecule has 17 heteroatoms. The van der Waals surface area contributed by atoms with Crippen molar-refractivity contribution in [1.82, 2.24) is 63.5 Å². The number of nitrogens with one attached hydrogen (secondary N) is 4. The van der Waals surface area contributed by atoms with E-state index >= 15 is 0 Å². The second-order valence-corrected chi connectivity index (χ2v) is 35.7. The molecule has 128 heavy (non-hydrogen) atoms. The van der Waals surface area contributed by atoms with Gasteiger partial charge in [0.15, 0.2) is 0 Å². The number of aromatic nitrogens is 13. The second kappa shape index (κ2) is 43.5. The number of benzene rings is 2. The Balaban J connectivity index is 0.891. The number of H-pyrrole nitrogens is 4. The number of ether oxygens (including phenoxy) is 4. The first kappa shape index (κ1) is 90.6. The number of rotatable bonds is 42. The maximum absolute atomic E-state index is 6.04. The van der Waals surface area contributed by atoms with E-state index in [9.17, 15) is 0 Å². The van der Waals surface area contributed by atoms with Crippen LogP contribution < -0.4 is 0 Å². The van der Waals surface area contributed by atoms with Crippen molar-refractivity contribution in [2.24, 2.45) is 23.2 Å². The zero-order valence-electron chi connectivity index (χ0n) is 76.5. The fourth-order valence-electron chi connectivity index (χ4n) is 18.5. The summed E-state index contributed by atoms with van der Waals surface area (Å²) in [6.07, 6.45) is 49.7. The van der Waals surface area contributed by atoms with Crippen LogP contribution >= 0.6 is 0 Å². The smallest absolute Gasteiger partial charge is 0.144 e. The number of imidazole rings is 2. The number of aromatic amines is 4. The van der Waals surface area contributed by atoms with Gasteiger partial charge in [-0.25, -0.2) is 29.9 Å². The largest absolute Gasteiger partial charge is 0.377 e. The summed E-state index contributed by atoms with van der Waals surface area (Å²) >= 11 is 0. The van der Waals surface area contributed by atoms with E-state index in [0.717, 1.165) is 275 Å². The lowest BCUT2D eigenvalue weighted by molar-refractivity contribution is 0.160. The summed E-state index contributed by atoms with van der Waals surface area (Å²) in [4.78, 5) is 48.5. The number of aryl methyl sites for hydroxylation is 5. The normalized spacial score (nSPS) is 13.0. The fourth-order valence-corrected chi connectivity index (χ4v) is 18.5. The van der Waals surface area contributed by atoms with Crippen LogP contribution in [-0.4, -0.2) is 116 Å². The average molecular weight is 1710 g/mol. The van der Waals surface area contributed by atoms with Gasteiger partial charge >= 0.3 is 0 Å². The number of nitrogens with zero attached hydrogens (tertiary/aromatic N) is 9. The Morgan fingerprint density at radius 1 is 0.406 bits per heavy atom. The highest BCUT2D eigenvalue weighted by molar-refractivity contribution is 6.09. The topological polar surface area (TPSA) is 192 Å². The molecule has 0 fully saturated rings. The van der Waals surface area contributed by atoms with Gasteiger partial charge in [0.05, 0.1) is 116 Å². The minimum Gasteiger partial charge on any atom is -0.377 e. The van der Waals surface area contributed by atoms with E-state index in [2.05, 4.69) is 285 Å². The molecule has 17 nitrogen and oxygen atoms in total. The molecule has 0 radical (unpaired) electrons. The van der Waals surface area contributed by atoms with Gasteiger partial charge < -0.3 is 52.6 Å². The molecule has 2 aromatic carbocycles. The lowest BCUT2D eigenvalue weighted by atomic mass is 9.84. The van der Waals surface area contributed by atoms with E-state index < -0.39 is 0 Å². The molecule has 15 rings (SSSR count). The van der Waals surface area contributed by atoms with Crippen molar-refractivity contribution in [2.75, 3.05) is 52.9 Å². The molecule has 13 heterocycles. The monoisotopic (exact) mass is 1710 g/mol. The van der Waals surface area contributed by atoms with Crippen LogP contribution in [-0.2, 0) is 64.3 Å². The summed E-state index contributed by atoms with van der Waals surface area (Å²) in [7, 11) is 0. The fraction of sp³-hybridized carbons (Fsp3) is 0.369. The predicted octanol–water partition coefficient (Wildman–Crippen LogP) is 25.7. The Morgan fingerprint density at radius 3 is 1.11 bits per heavy atom. The van der Waals surface area contributed by atoms with Gasteiger partial charge in [-0.3, -0.25) is 0 Å². The van der Waals surface area contributed by atoms with E-state index in [1.165, 1.54) is 12.8 Å². The van der Waals surface area contributed by atoms with Crippen molar-refractivity contribution in [1.29, 1.82) is 0 Å². The molecular formula is C111H127N13O4. The lowest BCUT2D eigenvalue weighted by Gasteiger charge is -2.23. The van der Waals surface area contributed by atoms with E-state index in [0.29, 0.717) is 96.3 Å². The summed E-state index contributed by atoms with van der Waals surface area (Å²) in [5.74, 6) is 18.4. The molecule has 11 aromatic rings. The Morgan fingerprint density at radius 2 is 0.750 bits per heavy atom. The molecule has 4 N–H and O–H groups in total. The van der Waals surface area contributed by atoms with Crippen LogP contribution in [0.4, 0.5) is 0 Å². The average Bonchev–Trinajstić information content (AvgIpc) is 1.77. The number of fused-ring (bicyclic) bond motifs is 19. The molecular weight excluding hydrogens is 1580 g/mol.